The number of amides is 3. The van der Waals surface area contributed by atoms with Gasteiger partial charge in [-0.05, 0) is 55.8 Å². The largest absolute Gasteiger partial charge is 0.467 e. The lowest BCUT2D eigenvalue weighted by Crippen LogP contribution is -2.28. The molecule has 32 heavy (non-hydrogen) atoms. The van der Waals surface area contributed by atoms with Gasteiger partial charge in [0, 0.05) is 5.69 Å². The molecule has 3 amide bonds. The van der Waals surface area contributed by atoms with Crippen molar-refractivity contribution in [3.63, 3.8) is 0 Å². The van der Waals surface area contributed by atoms with Crippen molar-refractivity contribution in [1.29, 1.82) is 0 Å². The van der Waals surface area contributed by atoms with Crippen molar-refractivity contribution in [1.82, 2.24) is 4.90 Å². The number of rotatable bonds is 6. The van der Waals surface area contributed by atoms with Crippen molar-refractivity contribution in [3.05, 3.63) is 88.4 Å². The molecule has 0 radical (unpaired) electrons. The Labute approximate surface area is 183 Å². The molecule has 1 aliphatic heterocycles. The summed E-state index contributed by atoms with van der Waals surface area (Å²) in [5.41, 5.74) is 2.98. The van der Waals surface area contributed by atoms with E-state index in [-0.39, 0.29) is 23.2 Å². The normalized spacial score (nSPS) is 12.6. The molecule has 0 bridgehead atoms. The van der Waals surface area contributed by atoms with E-state index in [1.54, 1.807) is 18.2 Å². The van der Waals surface area contributed by atoms with Crippen molar-refractivity contribution in [2.75, 3.05) is 11.9 Å². The Hall–Kier alpha value is -4.20. The minimum atomic E-state index is -0.770. The van der Waals surface area contributed by atoms with Gasteiger partial charge in [-0.3, -0.25) is 19.3 Å². The SMILES string of the molecule is Cc1ccc(NC(=O)COC(=O)c2ccc3c(c2)C(=O)N(Cc2ccco2)C3=O)c(C)c1. The van der Waals surface area contributed by atoms with Gasteiger partial charge in [-0.1, -0.05) is 17.7 Å². The van der Waals surface area contributed by atoms with Crippen LogP contribution in [0.4, 0.5) is 5.69 Å². The fraction of sp³-hybridized carbons (Fsp3) is 0.167. The van der Waals surface area contributed by atoms with E-state index in [4.69, 9.17) is 9.15 Å². The first-order valence-electron chi connectivity index (χ1n) is 9.90. The summed E-state index contributed by atoms with van der Waals surface area (Å²) in [6.45, 7) is 3.33. The molecule has 0 aliphatic carbocycles. The minimum absolute atomic E-state index is 0.00226. The molecule has 0 fully saturated rings. The highest BCUT2D eigenvalue weighted by atomic mass is 16.5. The van der Waals surface area contributed by atoms with Crippen molar-refractivity contribution >= 4 is 29.4 Å². The first kappa shape index (κ1) is 21.0. The first-order valence-corrected chi connectivity index (χ1v) is 9.90. The molecule has 1 aromatic heterocycles. The number of aryl methyl sites for hydroxylation is 2. The summed E-state index contributed by atoms with van der Waals surface area (Å²) in [5.74, 6) is -1.78. The van der Waals surface area contributed by atoms with Crippen LogP contribution >= 0.6 is 0 Å². The third-order valence-electron chi connectivity index (χ3n) is 5.09. The summed E-state index contributed by atoms with van der Waals surface area (Å²) in [6.07, 6.45) is 1.46. The number of carbonyl (C=O) groups is 4. The van der Waals surface area contributed by atoms with Crippen molar-refractivity contribution in [3.8, 4) is 0 Å². The van der Waals surface area contributed by atoms with E-state index in [1.807, 2.05) is 26.0 Å². The van der Waals surface area contributed by atoms with Crippen LogP contribution in [0, 0.1) is 13.8 Å². The number of furan rings is 1. The maximum atomic E-state index is 12.7. The van der Waals surface area contributed by atoms with Crippen LogP contribution in [0.1, 0.15) is 48.0 Å². The number of imide groups is 1. The Morgan fingerprint density at radius 1 is 1.00 bits per heavy atom. The summed E-state index contributed by atoms with van der Waals surface area (Å²) < 4.78 is 10.3. The van der Waals surface area contributed by atoms with E-state index < -0.39 is 30.3 Å². The maximum Gasteiger partial charge on any atom is 0.338 e. The van der Waals surface area contributed by atoms with Gasteiger partial charge >= 0.3 is 5.97 Å². The second-order valence-electron chi connectivity index (χ2n) is 7.48. The van der Waals surface area contributed by atoms with E-state index in [9.17, 15) is 19.2 Å². The standard InChI is InChI=1S/C24H20N2O6/c1-14-5-8-20(15(2)10-14)25-21(27)13-32-24(30)16-6-7-18-19(11-16)23(29)26(22(18)28)12-17-4-3-9-31-17/h3-11H,12-13H2,1-2H3,(H,25,27). The zero-order valence-electron chi connectivity index (χ0n) is 17.5. The van der Waals surface area contributed by atoms with Gasteiger partial charge in [-0.15, -0.1) is 0 Å². The number of ether oxygens (including phenoxy) is 1. The summed E-state index contributed by atoms with van der Waals surface area (Å²) in [5, 5.41) is 2.70. The smallest absolute Gasteiger partial charge is 0.338 e. The highest BCUT2D eigenvalue weighted by Crippen LogP contribution is 2.26. The fourth-order valence-corrected chi connectivity index (χ4v) is 3.47. The zero-order chi connectivity index (χ0) is 22.8. The molecule has 8 heteroatoms. The van der Waals surface area contributed by atoms with Crippen molar-refractivity contribution < 1.29 is 28.3 Å². The predicted octanol–water partition coefficient (Wildman–Crippen LogP) is 3.49. The third kappa shape index (κ3) is 4.15. The van der Waals surface area contributed by atoms with E-state index in [0.29, 0.717) is 11.4 Å². The Balaban J connectivity index is 1.40. The van der Waals surface area contributed by atoms with Crippen LogP contribution < -0.4 is 5.32 Å². The van der Waals surface area contributed by atoms with Crippen LogP contribution in [0.5, 0.6) is 0 Å². The summed E-state index contributed by atoms with van der Waals surface area (Å²) >= 11 is 0. The molecular formula is C24H20N2O6. The summed E-state index contributed by atoms with van der Waals surface area (Å²) in [7, 11) is 0. The second kappa shape index (κ2) is 8.50. The zero-order valence-corrected chi connectivity index (χ0v) is 17.5. The van der Waals surface area contributed by atoms with E-state index in [0.717, 1.165) is 16.0 Å². The number of nitrogens with zero attached hydrogens (tertiary/aromatic N) is 1. The molecule has 8 nitrogen and oxygen atoms in total. The highest BCUT2D eigenvalue weighted by Gasteiger charge is 2.36. The molecule has 162 valence electrons. The van der Waals surface area contributed by atoms with Crippen LogP contribution in [0.3, 0.4) is 0 Å². The number of hydrogen-bond acceptors (Lipinski definition) is 6. The second-order valence-corrected chi connectivity index (χ2v) is 7.48. The molecule has 0 atom stereocenters. The van der Waals surface area contributed by atoms with Crippen LogP contribution in [0.25, 0.3) is 0 Å². The molecular weight excluding hydrogens is 412 g/mol. The lowest BCUT2D eigenvalue weighted by Gasteiger charge is -2.11. The lowest BCUT2D eigenvalue weighted by atomic mass is 10.1. The minimum Gasteiger partial charge on any atom is -0.467 e. The molecule has 1 N–H and O–H groups in total. The lowest BCUT2D eigenvalue weighted by molar-refractivity contribution is -0.119. The number of esters is 1. The third-order valence-corrected chi connectivity index (χ3v) is 5.09. The topological polar surface area (TPSA) is 106 Å². The fourth-order valence-electron chi connectivity index (χ4n) is 3.47. The van der Waals surface area contributed by atoms with E-state index >= 15 is 0 Å². The summed E-state index contributed by atoms with van der Waals surface area (Å²) in [4.78, 5) is 50.8. The molecule has 0 unspecified atom stereocenters. The number of anilines is 1. The maximum absolute atomic E-state index is 12.7. The molecule has 3 aromatic rings. The molecule has 0 saturated carbocycles. The van der Waals surface area contributed by atoms with Gasteiger partial charge in [-0.25, -0.2) is 4.79 Å². The number of carbonyl (C=O) groups excluding carboxylic acids is 4. The number of fused-ring (bicyclic) bond motifs is 1. The average molecular weight is 432 g/mol. The van der Waals surface area contributed by atoms with Gasteiger partial charge in [0.25, 0.3) is 17.7 Å². The summed E-state index contributed by atoms with van der Waals surface area (Å²) in [6, 6.07) is 13.0. The molecule has 1 aliphatic rings. The molecule has 2 heterocycles. The van der Waals surface area contributed by atoms with E-state index in [2.05, 4.69) is 5.32 Å². The van der Waals surface area contributed by atoms with Crippen LogP contribution in [0.15, 0.2) is 59.2 Å². The van der Waals surface area contributed by atoms with Gasteiger partial charge < -0.3 is 14.5 Å². The van der Waals surface area contributed by atoms with Crippen molar-refractivity contribution in [2.24, 2.45) is 0 Å². The Kier molecular flexibility index (Phi) is 5.59. The number of hydrogen-bond donors (Lipinski definition) is 1. The Bertz CT molecular complexity index is 1230. The number of nitrogens with one attached hydrogen (secondary N) is 1. The Morgan fingerprint density at radius 3 is 2.50 bits per heavy atom. The predicted molar refractivity (Wildman–Crippen MR) is 114 cm³/mol. The van der Waals surface area contributed by atoms with Gasteiger partial charge in [-0.2, -0.15) is 0 Å². The average Bonchev–Trinajstić information content (AvgIpc) is 3.37. The first-order chi connectivity index (χ1) is 15.3. The molecule has 2 aromatic carbocycles. The van der Waals surface area contributed by atoms with Gasteiger partial charge in [0.05, 0.1) is 29.5 Å². The number of benzene rings is 2. The van der Waals surface area contributed by atoms with Gasteiger partial charge in [0.1, 0.15) is 5.76 Å². The molecule has 0 spiro atoms. The Morgan fingerprint density at radius 2 is 1.78 bits per heavy atom. The van der Waals surface area contributed by atoms with E-state index in [1.165, 1.54) is 24.5 Å². The highest BCUT2D eigenvalue weighted by molar-refractivity contribution is 6.21. The van der Waals surface area contributed by atoms with Gasteiger partial charge in [0.2, 0.25) is 0 Å². The monoisotopic (exact) mass is 432 g/mol. The van der Waals surface area contributed by atoms with Crippen LogP contribution in [-0.4, -0.2) is 35.2 Å². The van der Waals surface area contributed by atoms with Crippen LogP contribution in [-0.2, 0) is 16.1 Å². The van der Waals surface area contributed by atoms with Crippen LogP contribution in [0.2, 0.25) is 0 Å². The molecule has 4 rings (SSSR count). The molecule has 0 saturated heterocycles. The quantitative estimate of drug-likeness (QED) is 0.472. The van der Waals surface area contributed by atoms with Crippen molar-refractivity contribution in [2.45, 2.75) is 20.4 Å². The van der Waals surface area contributed by atoms with Gasteiger partial charge in [0.15, 0.2) is 6.61 Å².